The summed E-state index contributed by atoms with van der Waals surface area (Å²) in [7, 11) is 0. The van der Waals surface area contributed by atoms with Crippen molar-refractivity contribution >= 4 is 10.9 Å². The molecule has 5 nitrogen and oxygen atoms in total. The topological polar surface area (TPSA) is 43.2 Å². The van der Waals surface area contributed by atoms with E-state index in [0.717, 1.165) is 79.2 Å². The van der Waals surface area contributed by atoms with Crippen LogP contribution in [0, 0.1) is 5.82 Å². The van der Waals surface area contributed by atoms with Crippen LogP contribution in [0.1, 0.15) is 6.42 Å². The molecule has 158 valence electrons. The number of rotatable bonds is 6. The number of para-hydroxylation sites is 1. The molecule has 2 aromatic carbocycles. The van der Waals surface area contributed by atoms with Gasteiger partial charge in [-0.25, -0.2) is 9.37 Å². The Bertz CT molecular complexity index is 1160. The van der Waals surface area contributed by atoms with Gasteiger partial charge < -0.3 is 9.30 Å². The summed E-state index contributed by atoms with van der Waals surface area (Å²) in [5, 5.41) is 1.09. The Morgan fingerprint density at radius 1 is 0.903 bits per heavy atom. The summed E-state index contributed by atoms with van der Waals surface area (Å²) in [6.45, 7) is 5.50. The molecule has 0 unspecified atom stereocenters. The van der Waals surface area contributed by atoms with E-state index in [2.05, 4.69) is 20.5 Å². The van der Waals surface area contributed by atoms with Gasteiger partial charge in [0.05, 0.1) is 36.4 Å². The molecule has 0 saturated carbocycles. The molecule has 6 heteroatoms. The summed E-state index contributed by atoms with van der Waals surface area (Å²) in [6, 6.07) is 16.8. The number of halogens is 1. The Kier molecular flexibility index (Phi) is 5.74. The molecule has 4 aromatic rings. The second kappa shape index (κ2) is 8.96. The highest BCUT2D eigenvalue weighted by Gasteiger charge is 2.18. The monoisotopic (exact) mass is 416 g/mol. The van der Waals surface area contributed by atoms with Gasteiger partial charge in [-0.3, -0.25) is 9.88 Å². The molecule has 1 aliphatic rings. The van der Waals surface area contributed by atoms with Gasteiger partial charge in [0, 0.05) is 48.9 Å². The number of hydrogen-bond acceptors (Lipinski definition) is 4. The van der Waals surface area contributed by atoms with Crippen LogP contribution in [0.4, 0.5) is 4.39 Å². The predicted molar refractivity (Wildman–Crippen MR) is 120 cm³/mol. The maximum Gasteiger partial charge on any atom is 0.123 e. The standard InChI is InChI=1S/C25H25FN4O/c26-20-8-6-19(7-9-20)24-25(22-10-11-27-23-5-2-1-4-21(22)23)30(18-28-24)13-3-12-29-14-16-31-17-15-29/h1-2,4-11,18H,3,12-17H2. The zero-order valence-electron chi connectivity index (χ0n) is 17.4. The lowest BCUT2D eigenvalue weighted by atomic mass is 10.0. The van der Waals surface area contributed by atoms with Crippen LogP contribution in [-0.4, -0.2) is 52.3 Å². The van der Waals surface area contributed by atoms with Gasteiger partial charge in [0.15, 0.2) is 0 Å². The van der Waals surface area contributed by atoms with Crippen molar-refractivity contribution in [3.05, 3.63) is 72.9 Å². The van der Waals surface area contributed by atoms with Gasteiger partial charge in [-0.15, -0.1) is 0 Å². The third-order valence-electron chi connectivity index (χ3n) is 5.84. The van der Waals surface area contributed by atoms with E-state index in [-0.39, 0.29) is 5.82 Å². The third kappa shape index (κ3) is 4.22. The van der Waals surface area contributed by atoms with Crippen molar-refractivity contribution < 1.29 is 9.13 Å². The summed E-state index contributed by atoms with van der Waals surface area (Å²) in [5.41, 5.74) is 4.86. The van der Waals surface area contributed by atoms with Crippen LogP contribution in [0.2, 0.25) is 0 Å². The van der Waals surface area contributed by atoms with E-state index in [9.17, 15) is 4.39 Å². The van der Waals surface area contributed by atoms with Gasteiger partial charge in [-0.05, 0) is 42.8 Å². The molecule has 0 aliphatic carbocycles. The highest BCUT2D eigenvalue weighted by Crippen LogP contribution is 2.35. The molecule has 0 N–H and O–H groups in total. The first-order valence-electron chi connectivity index (χ1n) is 10.7. The zero-order chi connectivity index (χ0) is 21.0. The molecule has 1 aliphatic heterocycles. The molecule has 1 fully saturated rings. The highest BCUT2D eigenvalue weighted by molar-refractivity contribution is 5.96. The van der Waals surface area contributed by atoms with Gasteiger partial charge in [0.1, 0.15) is 5.82 Å². The van der Waals surface area contributed by atoms with Gasteiger partial charge >= 0.3 is 0 Å². The maximum absolute atomic E-state index is 13.5. The number of nitrogens with zero attached hydrogens (tertiary/aromatic N) is 4. The highest BCUT2D eigenvalue weighted by atomic mass is 19.1. The molecule has 2 aromatic heterocycles. The van der Waals surface area contributed by atoms with Crippen LogP contribution in [-0.2, 0) is 11.3 Å². The molecule has 0 amide bonds. The summed E-state index contributed by atoms with van der Waals surface area (Å²) < 4.78 is 21.2. The first-order chi connectivity index (χ1) is 15.3. The fourth-order valence-electron chi connectivity index (χ4n) is 4.24. The number of fused-ring (bicyclic) bond motifs is 1. The van der Waals surface area contributed by atoms with Crippen LogP contribution in [0.15, 0.2) is 67.1 Å². The average molecular weight is 417 g/mol. The largest absolute Gasteiger partial charge is 0.379 e. The number of pyridine rings is 1. The minimum Gasteiger partial charge on any atom is -0.379 e. The van der Waals surface area contributed by atoms with E-state index in [1.807, 2.05) is 36.8 Å². The first kappa shape index (κ1) is 19.8. The van der Waals surface area contributed by atoms with E-state index in [1.165, 1.54) is 12.1 Å². The summed E-state index contributed by atoms with van der Waals surface area (Å²) in [6.07, 6.45) is 4.77. The minimum atomic E-state index is -0.246. The van der Waals surface area contributed by atoms with Crippen molar-refractivity contribution in [2.24, 2.45) is 0 Å². The molecule has 0 atom stereocenters. The first-order valence-corrected chi connectivity index (χ1v) is 10.7. The van der Waals surface area contributed by atoms with Crippen molar-refractivity contribution in [3.63, 3.8) is 0 Å². The lowest BCUT2D eigenvalue weighted by Crippen LogP contribution is -2.37. The number of benzene rings is 2. The Hall–Kier alpha value is -3.09. The number of imidazole rings is 1. The van der Waals surface area contributed by atoms with Crippen LogP contribution < -0.4 is 0 Å². The van der Waals surface area contributed by atoms with Crippen LogP contribution >= 0.6 is 0 Å². The fraction of sp³-hybridized carbons (Fsp3) is 0.280. The van der Waals surface area contributed by atoms with E-state index in [1.54, 1.807) is 12.1 Å². The van der Waals surface area contributed by atoms with Crippen molar-refractivity contribution in [2.45, 2.75) is 13.0 Å². The number of aryl methyl sites for hydroxylation is 1. The van der Waals surface area contributed by atoms with Gasteiger partial charge in [0.25, 0.3) is 0 Å². The fourth-order valence-corrected chi connectivity index (χ4v) is 4.24. The van der Waals surface area contributed by atoms with Gasteiger partial charge in [0.2, 0.25) is 0 Å². The Balaban J connectivity index is 1.53. The van der Waals surface area contributed by atoms with Crippen molar-refractivity contribution in [1.29, 1.82) is 0 Å². The average Bonchev–Trinajstić information content (AvgIpc) is 3.23. The lowest BCUT2D eigenvalue weighted by molar-refractivity contribution is 0.0369. The Morgan fingerprint density at radius 2 is 1.71 bits per heavy atom. The molecular weight excluding hydrogens is 391 g/mol. The number of hydrogen-bond donors (Lipinski definition) is 0. The second-order valence-corrected chi connectivity index (χ2v) is 7.83. The maximum atomic E-state index is 13.5. The van der Waals surface area contributed by atoms with Crippen LogP contribution in [0.25, 0.3) is 33.4 Å². The van der Waals surface area contributed by atoms with Crippen LogP contribution in [0.5, 0.6) is 0 Å². The van der Waals surface area contributed by atoms with E-state index in [0.29, 0.717) is 0 Å². The van der Waals surface area contributed by atoms with Gasteiger partial charge in [-0.2, -0.15) is 0 Å². The second-order valence-electron chi connectivity index (χ2n) is 7.83. The lowest BCUT2D eigenvalue weighted by Gasteiger charge is -2.26. The Labute approximate surface area is 181 Å². The van der Waals surface area contributed by atoms with Crippen LogP contribution in [0.3, 0.4) is 0 Å². The number of ether oxygens (including phenoxy) is 1. The van der Waals surface area contributed by atoms with Crippen molar-refractivity contribution in [3.8, 4) is 22.5 Å². The summed E-state index contributed by atoms with van der Waals surface area (Å²) in [4.78, 5) is 11.7. The number of aromatic nitrogens is 3. The van der Waals surface area contributed by atoms with Crippen molar-refractivity contribution in [2.75, 3.05) is 32.8 Å². The minimum absolute atomic E-state index is 0.246. The summed E-state index contributed by atoms with van der Waals surface area (Å²) >= 11 is 0. The normalized spacial score (nSPS) is 14.9. The zero-order valence-corrected chi connectivity index (χ0v) is 17.4. The Morgan fingerprint density at radius 3 is 2.55 bits per heavy atom. The third-order valence-corrected chi connectivity index (χ3v) is 5.84. The van der Waals surface area contributed by atoms with E-state index < -0.39 is 0 Å². The van der Waals surface area contributed by atoms with E-state index in [4.69, 9.17) is 9.72 Å². The number of morpholine rings is 1. The molecule has 0 spiro atoms. The van der Waals surface area contributed by atoms with E-state index >= 15 is 0 Å². The summed E-state index contributed by atoms with van der Waals surface area (Å²) in [5.74, 6) is -0.246. The molecule has 3 heterocycles. The van der Waals surface area contributed by atoms with Crippen molar-refractivity contribution in [1.82, 2.24) is 19.4 Å². The smallest absolute Gasteiger partial charge is 0.123 e. The van der Waals surface area contributed by atoms with Gasteiger partial charge in [-0.1, -0.05) is 18.2 Å². The molecular formula is C25H25FN4O. The molecule has 31 heavy (non-hydrogen) atoms. The molecule has 0 radical (unpaired) electrons. The molecule has 1 saturated heterocycles. The molecule has 0 bridgehead atoms. The SMILES string of the molecule is Fc1ccc(-c2ncn(CCCN3CCOCC3)c2-c2ccnc3ccccc23)cc1. The molecule has 5 rings (SSSR count). The predicted octanol–water partition coefficient (Wildman–Crippen LogP) is 4.63. The quantitative estimate of drug-likeness (QED) is 0.460.